The lowest BCUT2D eigenvalue weighted by Crippen LogP contribution is -2.55. The number of carbonyl (C=O) groups is 1. The predicted molar refractivity (Wildman–Crippen MR) is 127 cm³/mol. The number of nitrogens with zero attached hydrogens (tertiary/aromatic N) is 3. The van der Waals surface area contributed by atoms with E-state index >= 15 is 0 Å². The molecule has 0 radical (unpaired) electrons. The average Bonchev–Trinajstić information content (AvgIpc) is 3.23. The highest BCUT2D eigenvalue weighted by atomic mass is 32.2. The van der Waals surface area contributed by atoms with Gasteiger partial charge in [-0.2, -0.15) is 4.31 Å². The third-order valence-corrected chi connectivity index (χ3v) is 8.46. The lowest BCUT2D eigenvalue weighted by molar-refractivity contribution is 0.0601. The Bertz CT molecular complexity index is 1330. The summed E-state index contributed by atoms with van der Waals surface area (Å²) in [6.07, 6.45) is 5.59. The number of ether oxygens (including phenoxy) is 1. The van der Waals surface area contributed by atoms with Crippen LogP contribution in [0.3, 0.4) is 0 Å². The average molecular weight is 485 g/mol. The summed E-state index contributed by atoms with van der Waals surface area (Å²) in [5.74, 6) is 0.619. The van der Waals surface area contributed by atoms with Gasteiger partial charge < -0.3 is 19.7 Å². The molecule has 1 spiro atoms. The second-order valence-electron chi connectivity index (χ2n) is 9.15. The molecule has 1 amide bonds. The number of nitrogens with one attached hydrogen (secondary N) is 1. The third-order valence-electron chi connectivity index (χ3n) is 7.22. The number of hydrogen-bond acceptors (Lipinski definition) is 6. The molecule has 3 aromatic rings. The molecule has 4 heterocycles. The fourth-order valence-electron chi connectivity index (χ4n) is 5.53. The number of hydrogen-bond donors (Lipinski definition) is 2. The van der Waals surface area contributed by atoms with Crippen molar-refractivity contribution in [1.29, 1.82) is 0 Å². The quantitative estimate of drug-likeness (QED) is 0.586. The second-order valence-corrected chi connectivity index (χ2v) is 11.1. The minimum absolute atomic E-state index is 0.0733. The van der Waals surface area contributed by atoms with Gasteiger partial charge >= 0.3 is 0 Å². The Morgan fingerprint density at radius 1 is 1.29 bits per heavy atom. The lowest BCUT2D eigenvalue weighted by atomic mass is 9.69. The predicted octanol–water partition coefficient (Wildman–Crippen LogP) is 2.05. The zero-order chi connectivity index (χ0) is 24.1. The number of carbonyl (C=O) groups excluding carboxylic acids is 1. The van der Waals surface area contributed by atoms with Crippen LogP contribution in [-0.2, 0) is 15.4 Å². The van der Waals surface area contributed by atoms with Crippen LogP contribution in [0.25, 0.3) is 10.9 Å². The van der Waals surface area contributed by atoms with Crippen molar-refractivity contribution < 1.29 is 23.1 Å². The molecule has 0 unspecified atom stereocenters. The molecule has 34 heavy (non-hydrogen) atoms. The molecule has 5 rings (SSSR count). The number of H-pyrrole nitrogens is 1. The smallest absolute Gasteiger partial charge is 0.255 e. The van der Waals surface area contributed by atoms with E-state index in [0.717, 1.165) is 22.2 Å². The summed E-state index contributed by atoms with van der Waals surface area (Å²) >= 11 is 0. The van der Waals surface area contributed by atoms with Gasteiger partial charge in [0.15, 0.2) is 0 Å². The van der Waals surface area contributed by atoms with Crippen molar-refractivity contribution in [2.45, 2.75) is 24.3 Å². The Morgan fingerprint density at radius 3 is 2.68 bits per heavy atom. The first kappa shape index (κ1) is 22.8. The Labute approximate surface area is 198 Å². The zero-order valence-electron chi connectivity index (χ0n) is 19.2. The van der Waals surface area contributed by atoms with E-state index in [4.69, 9.17) is 4.74 Å². The highest BCUT2D eigenvalue weighted by Crippen LogP contribution is 2.49. The molecule has 10 heteroatoms. The fourth-order valence-corrected chi connectivity index (χ4v) is 6.64. The number of likely N-dealkylation sites (tertiary alicyclic amines) is 1. The molecule has 1 fully saturated rings. The van der Waals surface area contributed by atoms with Gasteiger partial charge in [-0.15, -0.1) is 0 Å². The summed E-state index contributed by atoms with van der Waals surface area (Å²) < 4.78 is 32.3. The van der Waals surface area contributed by atoms with Gasteiger partial charge in [-0.1, -0.05) is 0 Å². The number of sulfonamides is 1. The molecule has 180 valence electrons. The number of amides is 1. The van der Waals surface area contributed by atoms with Crippen LogP contribution in [0.2, 0.25) is 0 Å². The van der Waals surface area contributed by atoms with E-state index < -0.39 is 21.5 Å². The summed E-state index contributed by atoms with van der Waals surface area (Å²) in [6.45, 7) is 0.929. The van der Waals surface area contributed by atoms with Crippen molar-refractivity contribution in [1.82, 2.24) is 19.2 Å². The Balaban J connectivity index is 1.58. The van der Waals surface area contributed by atoms with Gasteiger partial charge in [-0.25, -0.2) is 8.42 Å². The zero-order valence-corrected chi connectivity index (χ0v) is 20.0. The summed E-state index contributed by atoms with van der Waals surface area (Å²) in [7, 11) is -1.99. The highest BCUT2D eigenvalue weighted by Gasteiger charge is 2.50. The van der Waals surface area contributed by atoms with Crippen LogP contribution < -0.4 is 4.74 Å². The molecule has 2 aliphatic rings. The van der Waals surface area contributed by atoms with Crippen LogP contribution in [0.5, 0.6) is 5.75 Å². The first-order chi connectivity index (χ1) is 16.3. The van der Waals surface area contributed by atoms with E-state index in [1.807, 2.05) is 23.1 Å². The molecule has 2 aromatic heterocycles. The molecule has 0 saturated carbocycles. The van der Waals surface area contributed by atoms with E-state index in [9.17, 15) is 18.3 Å². The minimum atomic E-state index is -3.59. The molecular weight excluding hydrogens is 456 g/mol. The van der Waals surface area contributed by atoms with Crippen LogP contribution in [0, 0.1) is 0 Å². The summed E-state index contributed by atoms with van der Waals surface area (Å²) in [5.41, 5.74) is 2.65. The molecule has 2 N–H and O–H groups in total. The Kier molecular flexibility index (Phi) is 5.62. The summed E-state index contributed by atoms with van der Waals surface area (Å²) in [4.78, 5) is 22.2. The van der Waals surface area contributed by atoms with Crippen molar-refractivity contribution in [2.75, 3.05) is 39.6 Å². The molecule has 1 aromatic carbocycles. The fraction of sp³-hybridized carbons (Fsp3) is 0.417. The van der Waals surface area contributed by atoms with Gasteiger partial charge in [0.25, 0.3) is 5.91 Å². The van der Waals surface area contributed by atoms with Gasteiger partial charge in [0.05, 0.1) is 31.6 Å². The maximum atomic E-state index is 13.0. The Hall–Kier alpha value is -2.95. The van der Waals surface area contributed by atoms with E-state index in [1.54, 1.807) is 31.6 Å². The molecule has 0 aliphatic carbocycles. The normalized spacial score (nSPS) is 20.4. The van der Waals surface area contributed by atoms with Gasteiger partial charge in [0, 0.05) is 60.1 Å². The number of pyridine rings is 1. The molecule has 9 nitrogen and oxygen atoms in total. The van der Waals surface area contributed by atoms with Crippen LogP contribution in [0.1, 0.15) is 40.5 Å². The SMILES string of the molecule is COc1ccc2c3c([nH]c2c1)[C@@H](CO)N(S(C)(=O)=O)CC31CCN(C(=O)c2cccnc2)CC1. The standard InChI is InChI=1S/C24H28N4O5S/c1-33-17-5-6-18-19(12-17)26-22-20(14-29)28(34(2,31)32)15-24(21(18)22)7-10-27(11-8-24)23(30)16-4-3-9-25-13-16/h3-6,9,12-13,20,26,29H,7-8,10-11,14-15H2,1-2H3/t20-/m1/s1. The largest absolute Gasteiger partial charge is 0.497 e. The molecule has 0 bridgehead atoms. The number of aliphatic hydroxyl groups excluding tert-OH is 1. The maximum Gasteiger partial charge on any atom is 0.255 e. The number of fused-ring (bicyclic) bond motifs is 4. The molecule has 1 saturated heterocycles. The second kappa shape index (κ2) is 8.37. The van der Waals surface area contributed by atoms with Crippen molar-refractivity contribution in [3.63, 3.8) is 0 Å². The maximum absolute atomic E-state index is 13.0. The molecule has 2 aliphatic heterocycles. The van der Waals surface area contributed by atoms with E-state index in [2.05, 4.69) is 9.97 Å². The third kappa shape index (κ3) is 3.66. The van der Waals surface area contributed by atoms with Crippen LogP contribution in [-0.4, -0.2) is 78.2 Å². The summed E-state index contributed by atoms with van der Waals surface area (Å²) in [5, 5.41) is 11.2. The van der Waals surface area contributed by atoms with Crippen LogP contribution >= 0.6 is 0 Å². The molecule has 1 atom stereocenters. The summed E-state index contributed by atoms with van der Waals surface area (Å²) in [6, 6.07) is 8.57. The van der Waals surface area contributed by atoms with E-state index in [1.165, 1.54) is 10.6 Å². The molecular formula is C24H28N4O5S. The topological polar surface area (TPSA) is 116 Å². The van der Waals surface area contributed by atoms with Crippen LogP contribution in [0.4, 0.5) is 0 Å². The minimum Gasteiger partial charge on any atom is -0.497 e. The monoisotopic (exact) mass is 484 g/mol. The number of methoxy groups -OCH3 is 1. The Morgan fingerprint density at radius 2 is 2.06 bits per heavy atom. The van der Waals surface area contributed by atoms with Crippen molar-refractivity contribution >= 4 is 26.8 Å². The number of piperidine rings is 1. The van der Waals surface area contributed by atoms with Crippen molar-refractivity contribution in [3.05, 3.63) is 59.5 Å². The number of benzene rings is 1. The van der Waals surface area contributed by atoms with Gasteiger partial charge in [0.2, 0.25) is 10.0 Å². The number of aromatic amines is 1. The number of rotatable bonds is 4. The van der Waals surface area contributed by atoms with Gasteiger partial charge in [-0.3, -0.25) is 9.78 Å². The first-order valence-electron chi connectivity index (χ1n) is 11.2. The van der Waals surface area contributed by atoms with Crippen LogP contribution in [0.15, 0.2) is 42.7 Å². The van der Waals surface area contributed by atoms with Crippen molar-refractivity contribution in [2.24, 2.45) is 0 Å². The van der Waals surface area contributed by atoms with E-state index in [0.29, 0.717) is 37.2 Å². The number of aromatic nitrogens is 2. The van der Waals surface area contributed by atoms with E-state index in [-0.39, 0.29) is 19.1 Å². The van der Waals surface area contributed by atoms with Gasteiger partial charge in [-0.05, 0) is 42.7 Å². The van der Waals surface area contributed by atoms with Crippen molar-refractivity contribution in [3.8, 4) is 5.75 Å². The number of aliphatic hydroxyl groups is 1. The lowest BCUT2D eigenvalue weighted by Gasteiger charge is -2.49. The highest BCUT2D eigenvalue weighted by molar-refractivity contribution is 7.88. The first-order valence-corrected chi connectivity index (χ1v) is 13.1. The van der Waals surface area contributed by atoms with Gasteiger partial charge in [0.1, 0.15) is 5.75 Å².